The second-order valence-corrected chi connectivity index (χ2v) is 14.0. The van der Waals surface area contributed by atoms with Gasteiger partial charge in [0.15, 0.2) is 0 Å². The summed E-state index contributed by atoms with van der Waals surface area (Å²) in [4.78, 5) is 12.4. The molecule has 0 aromatic carbocycles. The van der Waals surface area contributed by atoms with Crippen LogP contribution < -0.4 is 5.32 Å². The van der Waals surface area contributed by atoms with Gasteiger partial charge >= 0.3 is 0 Å². The van der Waals surface area contributed by atoms with E-state index in [2.05, 4.69) is 73.8 Å². The standard InChI is InChI=1S/C41H69NO5S/c1-3-5-7-9-11-13-15-17-19-20-21-23-24-26-28-30-32-34-36-40(43)39(38-48(45,46)47)42-41(44)37-35-33-31-29-27-25-22-18-16-14-12-10-8-6-4-2/h6,8,12,14,18,22,26-29,33-36,39-40,43H,3-5,7,9-11,13,15-17,19-21,23-25,30-32,37-38H2,1-2H3,(H,42,44)(H,45,46,47)/b8-6-,14-12-,22-18-,28-26+,29-27-,35-33-,36-34+. The van der Waals surface area contributed by atoms with Gasteiger partial charge in [-0.2, -0.15) is 8.42 Å². The molecule has 3 N–H and O–H groups in total. The van der Waals surface area contributed by atoms with E-state index in [9.17, 15) is 22.9 Å². The minimum absolute atomic E-state index is 0.0515. The fraction of sp³-hybridized carbons (Fsp3) is 0.634. The molecule has 0 saturated heterocycles. The molecule has 2 unspecified atom stereocenters. The van der Waals surface area contributed by atoms with Gasteiger partial charge in [-0.25, -0.2) is 0 Å². The topological polar surface area (TPSA) is 104 Å². The minimum Gasteiger partial charge on any atom is -0.387 e. The zero-order valence-electron chi connectivity index (χ0n) is 30.3. The summed E-state index contributed by atoms with van der Waals surface area (Å²) in [6.45, 7) is 4.39. The summed E-state index contributed by atoms with van der Waals surface area (Å²) in [5, 5.41) is 13.1. The number of hydrogen-bond donors (Lipinski definition) is 3. The van der Waals surface area contributed by atoms with Crippen molar-refractivity contribution in [1.82, 2.24) is 5.32 Å². The average Bonchev–Trinajstić information content (AvgIpc) is 3.05. The molecule has 7 heteroatoms. The molecular weight excluding hydrogens is 619 g/mol. The number of aliphatic hydroxyl groups is 1. The fourth-order valence-corrected chi connectivity index (χ4v) is 5.79. The van der Waals surface area contributed by atoms with Crippen molar-refractivity contribution in [3.63, 3.8) is 0 Å². The Morgan fingerprint density at radius 3 is 1.52 bits per heavy atom. The van der Waals surface area contributed by atoms with Gasteiger partial charge in [0.05, 0.1) is 17.9 Å². The molecule has 0 aliphatic rings. The summed E-state index contributed by atoms with van der Waals surface area (Å²) < 4.78 is 32.3. The van der Waals surface area contributed by atoms with Gasteiger partial charge in [0, 0.05) is 6.42 Å². The second-order valence-electron chi connectivity index (χ2n) is 12.5. The van der Waals surface area contributed by atoms with Gasteiger partial charge in [0.25, 0.3) is 10.1 Å². The van der Waals surface area contributed by atoms with Crippen LogP contribution in [0.15, 0.2) is 85.1 Å². The Kier molecular flexibility index (Phi) is 32.6. The molecule has 0 aromatic heterocycles. The second kappa shape index (κ2) is 34.4. The highest BCUT2D eigenvalue weighted by molar-refractivity contribution is 7.85. The molecule has 0 radical (unpaired) electrons. The highest BCUT2D eigenvalue weighted by atomic mass is 32.2. The van der Waals surface area contributed by atoms with Gasteiger partial charge in [-0.3, -0.25) is 9.35 Å². The lowest BCUT2D eigenvalue weighted by Gasteiger charge is -2.20. The van der Waals surface area contributed by atoms with Crippen LogP contribution in [0.4, 0.5) is 0 Å². The summed E-state index contributed by atoms with van der Waals surface area (Å²) in [5.41, 5.74) is 0. The molecule has 0 rings (SSSR count). The number of rotatable bonds is 32. The number of hydrogen-bond acceptors (Lipinski definition) is 4. The number of aliphatic hydroxyl groups excluding tert-OH is 1. The Morgan fingerprint density at radius 1 is 0.583 bits per heavy atom. The highest BCUT2D eigenvalue weighted by Crippen LogP contribution is 2.13. The van der Waals surface area contributed by atoms with Gasteiger partial charge in [-0.05, 0) is 57.8 Å². The number of unbranched alkanes of at least 4 members (excludes halogenated alkanes) is 13. The molecule has 274 valence electrons. The molecule has 0 fully saturated rings. The molecule has 48 heavy (non-hydrogen) atoms. The predicted octanol–water partition coefficient (Wildman–Crippen LogP) is 10.8. The maximum Gasteiger partial charge on any atom is 0.267 e. The number of carbonyl (C=O) groups excluding carboxylic acids is 1. The van der Waals surface area contributed by atoms with E-state index in [-0.39, 0.29) is 6.42 Å². The van der Waals surface area contributed by atoms with Crippen LogP contribution in [-0.2, 0) is 14.9 Å². The summed E-state index contributed by atoms with van der Waals surface area (Å²) in [5.74, 6) is -1.17. The van der Waals surface area contributed by atoms with E-state index < -0.39 is 33.9 Å². The largest absolute Gasteiger partial charge is 0.387 e. The molecule has 0 bridgehead atoms. The van der Waals surface area contributed by atoms with Crippen LogP contribution in [-0.4, -0.2) is 41.9 Å². The first-order chi connectivity index (χ1) is 23.3. The van der Waals surface area contributed by atoms with Crippen LogP contribution in [0.1, 0.15) is 149 Å². The van der Waals surface area contributed by atoms with Gasteiger partial charge in [0.2, 0.25) is 5.91 Å². The van der Waals surface area contributed by atoms with E-state index in [1.165, 1.54) is 83.1 Å². The van der Waals surface area contributed by atoms with Crippen LogP contribution in [0.2, 0.25) is 0 Å². The minimum atomic E-state index is -4.39. The van der Waals surface area contributed by atoms with Crippen LogP contribution in [0.3, 0.4) is 0 Å². The average molecular weight is 688 g/mol. The third kappa shape index (κ3) is 34.8. The van der Waals surface area contributed by atoms with Crippen molar-refractivity contribution in [2.75, 3.05) is 5.75 Å². The van der Waals surface area contributed by atoms with Gasteiger partial charge in [-0.15, -0.1) is 0 Å². The molecule has 0 heterocycles. The molecule has 0 aliphatic carbocycles. The maximum absolute atomic E-state index is 12.4. The number of carbonyl (C=O) groups is 1. The first-order valence-electron chi connectivity index (χ1n) is 18.8. The quantitative estimate of drug-likeness (QED) is 0.0371. The third-order valence-corrected chi connectivity index (χ3v) is 8.61. The fourth-order valence-electron chi connectivity index (χ4n) is 5.06. The predicted molar refractivity (Wildman–Crippen MR) is 207 cm³/mol. The lowest BCUT2D eigenvalue weighted by Crippen LogP contribution is -2.46. The normalized spacial score (nSPS) is 14.3. The molecule has 6 nitrogen and oxygen atoms in total. The molecule has 0 aliphatic heterocycles. The van der Waals surface area contributed by atoms with Gasteiger partial charge < -0.3 is 10.4 Å². The van der Waals surface area contributed by atoms with Crippen LogP contribution in [0.5, 0.6) is 0 Å². The Morgan fingerprint density at radius 2 is 1.02 bits per heavy atom. The summed E-state index contributed by atoms with van der Waals surface area (Å²) in [7, 11) is -4.39. The Labute approximate surface area is 295 Å². The van der Waals surface area contributed by atoms with E-state index >= 15 is 0 Å². The third-order valence-electron chi connectivity index (χ3n) is 7.83. The van der Waals surface area contributed by atoms with Crippen LogP contribution >= 0.6 is 0 Å². The SMILES string of the molecule is CC/C=C\C/C=C\C/C=C\C/C=C\C/C=C\CC(=O)NC(CS(=O)(=O)O)C(O)/C=C/CC/C=C/CCCCCCCCCCCCCC. The lowest BCUT2D eigenvalue weighted by atomic mass is 10.0. The van der Waals surface area contributed by atoms with Crippen molar-refractivity contribution in [3.05, 3.63) is 85.1 Å². The van der Waals surface area contributed by atoms with Crippen molar-refractivity contribution >= 4 is 16.0 Å². The number of amides is 1. The van der Waals surface area contributed by atoms with Gasteiger partial charge in [0.1, 0.15) is 0 Å². The van der Waals surface area contributed by atoms with Crippen molar-refractivity contribution in [3.8, 4) is 0 Å². The molecule has 2 atom stereocenters. The van der Waals surface area contributed by atoms with Crippen LogP contribution in [0.25, 0.3) is 0 Å². The van der Waals surface area contributed by atoms with E-state index in [0.29, 0.717) is 12.8 Å². The van der Waals surface area contributed by atoms with Crippen LogP contribution in [0, 0.1) is 0 Å². The Hall–Kier alpha value is -2.48. The molecule has 1 amide bonds. The van der Waals surface area contributed by atoms with E-state index in [1.807, 2.05) is 12.2 Å². The lowest BCUT2D eigenvalue weighted by molar-refractivity contribution is -0.121. The van der Waals surface area contributed by atoms with Crippen molar-refractivity contribution < 1.29 is 22.9 Å². The maximum atomic E-state index is 12.4. The zero-order valence-corrected chi connectivity index (χ0v) is 31.1. The highest BCUT2D eigenvalue weighted by Gasteiger charge is 2.24. The number of allylic oxidation sites excluding steroid dienone is 12. The monoisotopic (exact) mass is 687 g/mol. The zero-order chi connectivity index (χ0) is 35.4. The smallest absolute Gasteiger partial charge is 0.267 e. The summed E-state index contributed by atoms with van der Waals surface area (Å²) in [6, 6.07) is -1.13. The van der Waals surface area contributed by atoms with Crippen molar-refractivity contribution in [1.29, 1.82) is 0 Å². The van der Waals surface area contributed by atoms with Crippen molar-refractivity contribution in [2.45, 2.75) is 161 Å². The molecule has 0 aromatic rings. The first kappa shape index (κ1) is 45.5. The van der Waals surface area contributed by atoms with Crippen molar-refractivity contribution in [2.24, 2.45) is 0 Å². The van der Waals surface area contributed by atoms with Gasteiger partial charge in [-0.1, -0.05) is 170 Å². The van der Waals surface area contributed by atoms with E-state index in [4.69, 9.17) is 0 Å². The Balaban J connectivity index is 4.18. The molecule has 0 saturated carbocycles. The van der Waals surface area contributed by atoms with E-state index in [0.717, 1.165) is 38.5 Å². The molecular formula is C41H69NO5S. The van der Waals surface area contributed by atoms with E-state index in [1.54, 1.807) is 12.2 Å². The summed E-state index contributed by atoms with van der Waals surface area (Å²) in [6.07, 6.45) is 50.2. The summed E-state index contributed by atoms with van der Waals surface area (Å²) >= 11 is 0. The molecule has 0 spiro atoms. The first-order valence-corrected chi connectivity index (χ1v) is 20.4. The number of nitrogens with one attached hydrogen (secondary N) is 1. The Bertz CT molecular complexity index is 1070.